The Labute approximate surface area is 69.3 Å². The summed E-state index contributed by atoms with van der Waals surface area (Å²) in [5.41, 5.74) is 0.332. The Hall–Kier alpha value is -0.310. The minimum Gasteiger partial charge on any atom is -0.386 e. The van der Waals surface area contributed by atoms with E-state index in [0.717, 1.165) is 0 Å². The van der Waals surface area contributed by atoms with Gasteiger partial charge in [0.15, 0.2) is 0 Å². The Morgan fingerprint density at radius 3 is 2.70 bits per heavy atom. The van der Waals surface area contributed by atoms with E-state index in [1.54, 1.807) is 6.08 Å². The molecule has 0 spiro atoms. The molecule has 2 N–H and O–H groups in total. The summed E-state index contributed by atoms with van der Waals surface area (Å²) in [6.07, 6.45) is 6.01. The Morgan fingerprint density at radius 2 is 2.30 bits per heavy atom. The van der Waals surface area contributed by atoms with E-state index >= 15 is 0 Å². The second kappa shape index (κ2) is 2.74. The SMILES string of the molecule is CC1(N/C=C\C(=N)Br)CC1. The molecule has 0 aromatic rings. The molecule has 1 aliphatic carbocycles. The molecule has 0 heterocycles. The number of nitrogens with one attached hydrogen (secondary N) is 2. The molecule has 1 saturated carbocycles. The summed E-state index contributed by atoms with van der Waals surface area (Å²) in [6, 6.07) is 0. The Bertz CT molecular complexity index is 170. The molecule has 3 heteroatoms. The van der Waals surface area contributed by atoms with Crippen LogP contribution in [0.1, 0.15) is 19.8 Å². The van der Waals surface area contributed by atoms with Crippen molar-refractivity contribution in [2.24, 2.45) is 0 Å². The molecule has 0 bridgehead atoms. The molecule has 1 fully saturated rings. The first-order valence-electron chi connectivity index (χ1n) is 3.31. The summed E-state index contributed by atoms with van der Waals surface area (Å²) in [5, 5.41) is 10.2. The lowest BCUT2D eigenvalue weighted by Crippen LogP contribution is -2.21. The topological polar surface area (TPSA) is 35.9 Å². The molecule has 0 atom stereocenters. The largest absolute Gasteiger partial charge is 0.386 e. The summed E-state index contributed by atoms with van der Waals surface area (Å²) in [6.45, 7) is 2.18. The van der Waals surface area contributed by atoms with Crippen LogP contribution >= 0.6 is 15.9 Å². The van der Waals surface area contributed by atoms with Crippen LogP contribution in [0.15, 0.2) is 12.3 Å². The van der Waals surface area contributed by atoms with Crippen LogP contribution in [-0.2, 0) is 0 Å². The van der Waals surface area contributed by atoms with Crippen LogP contribution in [0.25, 0.3) is 0 Å². The van der Waals surface area contributed by atoms with Gasteiger partial charge in [0.1, 0.15) is 0 Å². The quantitative estimate of drug-likeness (QED) is 0.676. The van der Waals surface area contributed by atoms with Crippen LogP contribution in [0, 0.1) is 5.41 Å². The molecule has 0 saturated heterocycles. The van der Waals surface area contributed by atoms with Gasteiger partial charge < -0.3 is 5.32 Å². The van der Waals surface area contributed by atoms with Crippen molar-refractivity contribution >= 4 is 20.6 Å². The maximum atomic E-state index is 7.01. The second-order valence-corrected chi connectivity index (χ2v) is 3.74. The molecule has 0 amide bonds. The van der Waals surface area contributed by atoms with Gasteiger partial charge in [-0.2, -0.15) is 0 Å². The predicted molar refractivity (Wildman–Crippen MR) is 46.6 cm³/mol. The molecule has 1 rings (SSSR count). The Kier molecular flexibility index (Phi) is 2.14. The van der Waals surface area contributed by atoms with Crippen molar-refractivity contribution in [1.29, 1.82) is 5.41 Å². The zero-order valence-corrected chi connectivity index (χ0v) is 7.53. The number of rotatable bonds is 3. The third-order valence-electron chi connectivity index (χ3n) is 1.66. The molecular formula is C7H11BrN2. The Morgan fingerprint density at radius 1 is 1.70 bits per heavy atom. The Balaban J connectivity index is 2.21. The van der Waals surface area contributed by atoms with E-state index in [4.69, 9.17) is 5.41 Å². The molecule has 0 radical (unpaired) electrons. The molecule has 0 aromatic carbocycles. The highest BCUT2D eigenvalue weighted by molar-refractivity contribution is 9.18. The highest BCUT2D eigenvalue weighted by Crippen LogP contribution is 2.34. The zero-order valence-electron chi connectivity index (χ0n) is 5.95. The smallest absolute Gasteiger partial charge is 0.0981 e. The summed E-state index contributed by atoms with van der Waals surface area (Å²) < 4.78 is 0.407. The van der Waals surface area contributed by atoms with Crippen LogP contribution in [0.2, 0.25) is 0 Å². The van der Waals surface area contributed by atoms with Crippen LogP contribution in [0.3, 0.4) is 0 Å². The summed E-state index contributed by atoms with van der Waals surface area (Å²) >= 11 is 3.02. The van der Waals surface area contributed by atoms with Crippen molar-refractivity contribution < 1.29 is 0 Å². The summed E-state index contributed by atoms with van der Waals surface area (Å²) in [5.74, 6) is 0. The van der Waals surface area contributed by atoms with E-state index < -0.39 is 0 Å². The fourth-order valence-corrected chi connectivity index (χ4v) is 0.780. The van der Waals surface area contributed by atoms with E-state index in [1.807, 2.05) is 6.20 Å². The van der Waals surface area contributed by atoms with Crippen molar-refractivity contribution in [3.05, 3.63) is 12.3 Å². The lowest BCUT2D eigenvalue weighted by molar-refractivity contribution is 0.639. The number of hydrogen-bond acceptors (Lipinski definition) is 2. The van der Waals surface area contributed by atoms with Gasteiger partial charge in [0.25, 0.3) is 0 Å². The maximum absolute atomic E-state index is 7.01. The monoisotopic (exact) mass is 202 g/mol. The van der Waals surface area contributed by atoms with E-state index in [2.05, 4.69) is 28.2 Å². The minimum absolute atomic E-state index is 0.332. The number of allylic oxidation sites excluding steroid dienone is 1. The van der Waals surface area contributed by atoms with Gasteiger partial charge in [-0.25, -0.2) is 0 Å². The predicted octanol–water partition coefficient (Wildman–Crippen LogP) is 2.01. The van der Waals surface area contributed by atoms with E-state index in [0.29, 0.717) is 10.2 Å². The van der Waals surface area contributed by atoms with Gasteiger partial charge >= 0.3 is 0 Å². The highest BCUT2D eigenvalue weighted by atomic mass is 79.9. The van der Waals surface area contributed by atoms with Gasteiger partial charge in [0, 0.05) is 5.54 Å². The average Bonchev–Trinajstić information content (AvgIpc) is 2.47. The molecule has 2 nitrogen and oxygen atoms in total. The fraction of sp³-hybridized carbons (Fsp3) is 0.571. The van der Waals surface area contributed by atoms with Crippen molar-refractivity contribution in [2.45, 2.75) is 25.3 Å². The lowest BCUT2D eigenvalue weighted by atomic mass is 10.3. The fourth-order valence-electron chi connectivity index (χ4n) is 0.648. The van der Waals surface area contributed by atoms with Gasteiger partial charge in [-0.15, -0.1) is 0 Å². The van der Waals surface area contributed by atoms with Crippen LogP contribution < -0.4 is 5.32 Å². The van der Waals surface area contributed by atoms with Crippen molar-refractivity contribution in [1.82, 2.24) is 5.32 Å². The lowest BCUT2D eigenvalue weighted by Gasteiger charge is -2.05. The molecule has 0 aromatic heterocycles. The van der Waals surface area contributed by atoms with E-state index in [-0.39, 0.29) is 0 Å². The maximum Gasteiger partial charge on any atom is 0.0981 e. The summed E-state index contributed by atoms with van der Waals surface area (Å²) in [4.78, 5) is 0. The van der Waals surface area contributed by atoms with Crippen molar-refractivity contribution in [3.63, 3.8) is 0 Å². The molecule has 10 heavy (non-hydrogen) atoms. The zero-order chi connectivity index (χ0) is 7.61. The molecular weight excluding hydrogens is 192 g/mol. The minimum atomic E-state index is 0.332. The third kappa shape index (κ3) is 2.52. The standard InChI is InChI=1S/C7H11BrN2/c1-7(3-4-7)10-5-2-6(8)9/h2,5,9-10H,3-4H2,1H3/b5-2-,9-6?. The van der Waals surface area contributed by atoms with Crippen LogP contribution in [0.4, 0.5) is 0 Å². The van der Waals surface area contributed by atoms with Crippen molar-refractivity contribution in [2.75, 3.05) is 0 Å². The van der Waals surface area contributed by atoms with E-state index in [1.165, 1.54) is 12.8 Å². The average molecular weight is 203 g/mol. The molecule has 0 aliphatic heterocycles. The first-order chi connectivity index (χ1) is 4.62. The van der Waals surface area contributed by atoms with Gasteiger partial charge in [0.05, 0.1) is 4.62 Å². The van der Waals surface area contributed by atoms with Gasteiger partial charge in [0.2, 0.25) is 0 Å². The highest BCUT2D eigenvalue weighted by Gasteiger charge is 2.35. The first kappa shape index (κ1) is 7.79. The molecule has 0 unspecified atom stereocenters. The van der Waals surface area contributed by atoms with Crippen LogP contribution in [0.5, 0.6) is 0 Å². The van der Waals surface area contributed by atoms with Gasteiger partial charge in [-0.3, -0.25) is 5.41 Å². The summed E-state index contributed by atoms with van der Waals surface area (Å²) in [7, 11) is 0. The molecule has 56 valence electrons. The third-order valence-corrected chi connectivity index (χ3v) is 1.93. The van der Waals surface area contributed by atoms with Gasteiger partial charge in [-0.1, -0.05) is 0 Å². The van der Waals surface area contributed by atoms with Gasteiger partial charge in [-0.05, 0) is 48.0 Å². The van der Waals surface area contributed by atoms with Crippen molar-refractivity contribution in [3.8, 4) is 0 Å². The normalized spacial score (nSPS) is 21.0. The molecule has 1 aliphatic rings. The van der Waals surface area contributed by atoms with E-state index in [9.17, 15) is 0 Å². The number of hydrogen-bond donors (Lipinski definition) is 2. The second-order valence-electron chi connectivity index (χ2n) is 2.89. The number of halogens is 1. The first-order valence-corrected chi connectivity index (χ1v) is 4.10. The van der Waals surface area contributed by atoms with Crippen LogP contribution in [-0.4, -0.2) is 10.2 Å².